The molecule has 1 atom stereocenters. The number of hydrogen-bond donors (Lipinski definition) is 0. The highest BCUT2D eigenvalue weighted by atomic mass is 32.2. The summed E-state index contributed by atoms with van der Waals surface area (Å²) in [6.45, 7) is 3.36. The van der Waals surface area contributed by atoms with E-state index in [0.29, 0.717) is 25.2 Å². The van der Waals surface area contributed by atoms with Crippen LogP contribution in [-0.2, 0) is 16.1 Å². The predicted molar refractivity (Wildman–Crippen MR) is 124 cm³/mol. The molecule has 164 valence electrons. The fraction of sp³-hybridized carbons (Fsp3) is 0.375. The Kier molecular flexibility index (Phi) is 7.38. The van der Waals surface area contributed by atoms with Gasteiger partial charge in [-0.1, -0.05) is 12.1 Å². The average molecular weight is 440 g/mol. The summed E-state index contributed by atoms with van der Waals surface area (Å²) >= 11 is 1.65. The molecule has 3 amide bonds. The molecule has 1 aliphatic heterocycles. The lowest BCUT2D eigenvalue weighted by Gasteiger charge is -2.24. The Hall–Kier alpha value is -2.80. The highest BCUT2D eigenvalue weighted by Crippen LogP contribution is 2.28. The molecule has 6 nitrogen and oxygen atoms in total. The van der Waals surface area contributed by atoms with Crippen LogP contribution >= 0.6 is 11.8 Å². The molecule has 0 spiro atoms. The van der Waals surface area contributed by atoms with E-state index in [1.54, 1.807) is 47.8 Å². The molecular weight excluding hydrogens is 410 g/mol. The summed E-state index contributed by atoms with van der Waals surface area (Å²) in [4.78, 5) is 44.0. The van der Waals surface area contributed by atoms with Crippen molar-refractivity contribution in [3.8, 4) is 0 Å². The Labute approximate surface area is 188 Å². The van der Waals surface area contributed by atoms with Crippen molar-refractivity contribution >= 4 is 35.2 Å². The molecule has 0 aromatic heterocycles. The quantitative estimate of drug-likeness (QED) is 0.620. The van der Waals surface area contributed by atoms with E-state index in [0.717, 1.165) is 16.1 Å². The van der Waals surface area contributed by atoms with Gasteiger partial charge in [0.2, 0.25) is 11.8 Å². The van der Waals surface area contributed by atoms with Gasteiger partial charge in [0.1, 0.15) is 0 Å². The number of hydrogen-bond acceptors (Lipinski definition) is 4. The summed E-state index contributed by atoms with van der Waals surface area (Å²) < 4.78 is 0. The van der Waals surface area contributed by atoms with Gasteiger partial charge in [-0.15, -0.1) is 11.8 Å². The molecule has 1 unspecified atom stereocenters. The van der Waals surface area contributed by atoms with Gasteiger partial charge in [-0.25, -0.2) is 0 Å². The van der Waals surface area contributed by atoms with Crippen LogP contribution in [0.2, 0.25) is 0 Å². The van der Waals surface area contributed by atoms with E-state index < -0.39 is 0 Å². The van der Waals surface area contributed by atoms with Crippen molar-refractivity contribution in [2.24, 2.45) is 5.92 Å². The predicted octanol–water partition coefficient (Wildman–Crippen LogP) is 3.51. The summed E-state index contributed by atoms with van der Waals surface area (Å²) in [7, 11) is 3.44. The van der Waals surface area contributed by atoms with Crippen molar-refractivity contribution in [1.29, 1.82) is 0 Å². The molecule has 1 saturated heterocycles. The number of benzene rings is 2. The van der Waals surface area contributed by atoms with E-state index in [1.807, 2.05) is 49.6 Å². The molecule has 1 aliphatic rings. The number of carbonyl (C=O) groups excluding carboxylic acids is 3. The van der Waals surface area contributed by atoms with Crippen LogP contribution in [-0.4, -0.2) is 61.0 Å². The number of carbonyl (C=O) groups is 3. The van der Waals surface area contributed by atoms with Crippen LogP contribution in [0.25, 0.3) is 0 Å². The maximum Gasteiger partial charge on any atom is 0.253 e. The highest BCUT2D eigenvalue weighted by molar-refractivity contribution is 7.98. The van der Waals surface area contributed by atoms with Gasteiger partial charge < -0.3 is 14.7 Å². The Balaban J connectivity index is 1.66. The van der Waals surface area contributed by atoms with E-state index in [4.69, 9.17) is 0 Å². The molecule has 2 aromatic rings. The lowest BCUT2D eigenvalue weighted by Crippen LogP contribution is -2.37. The van der Waals surface area contributed by atoms with Crippen LogP contribution < -0.4 is 4.90 Å². The Morgan fingerprint density at radius 3 is 2.26 bits per heavy atom. The normalized spacial score (nSPS) is 15.8. The standard InChI is InChI=1S/C24H29N3O3S/c1-5-26(15-17-6-8-18(9-7-17)23(29)25(2)3)24(30)19-14-22(28)27(16-19)20-10-12-21(31-4)13-11-20/h6-13,19H,5,14-16H2,1-4H3. The fourth-order valence-corrected chi connectivity index (χ4v) is 4.13. The molecule has 31 heavy (non-hydrogen) atoms. The van der Waals surface area contributed by atoms with Crippen LogP contribution in [0.5, 0.6) is 0 Å². The second-order valence-corrected chi connectivity index (χ2v) is 8.73. The molecule has 7 heteroatoms. The van der Waals surface area contributed by atoms with Crippen LogP contribution in [0.1, 0.15) is 29.3 Å². The minimum atomic E-state index is -0.345. The lowest BCUT2D eigenvalue weighted by atomic mass is 10.1. The van der Waals surface area contributed by atoms with Gasteiger partial charge in [-0.05, 0) is 55.1 Å². The molecule has 2 aromatic carbocycles. The van der Waals surface area contributed by atoms with E-state index >= 15 is 0 Å². The summed E-state index contributed by atoms with van der Waals surface area (Å²) in [6, 6.07) is 15.2. The number of anilines is 1. The summed E-state index contributed by atoms with van der Waals surface area (Å²) in [5.41, 5.74) is 2.41. The molecule has 1 fully saturated rings. The third kappa shape index (κ3) is 5.28. The van der Waals surface area contributed by atoms with Crippen LogP contribution in [0.15, 0.2) is 53.4 Å². The van der Waals surface area contributed by atoms with Crippen LogP contribution in [0.3, 0.4) is 0 Å². The Bertz CT molecular complexity index is 942. The van der Waals surface area contributed by atoms with Gasteiger partial charge in [0, 0.05) is 56.3 Å². The lowest BCUT2D eigenvalue weighted by molar-refractivity contribution is -0.136. The molecular formula is C24H29N3O3S. The van der Waals surface area contributed by atoms with Gasteiger partial charge >= 0.3 is 0 Å². The molecule has 0 radical (unpaired) electrons. The van der Waals surface area contributed by atoms with Gasteiger partial charge in [-0.3, -0.25) is 14.4 Å². The first-order valence-electron chi connectivity index (χ1n) is 10.4. The van der Waals surface area contributed by atoms with Gasteiger partial charge in [0.25, 0.3) is 5.91 Å². The molecule has 3 rings (SSSR count). The first kappa shape index (κ1) is 22.9. The summed E-state index contributed by atoms with van der Waals surface area (Å²) in [6.07, 6.45) is 2.24. The van der Waals surface area contributed by atoms with Gasteiger partial charge in [0.15, 0.2) is 0 Å². The van der Waals surface area contributed by atoms with Crippen molar-refractivity contribution in [3.63, 3.8) is 0 Å². The first-order valence-corrected chi connectivity index (χ1v) is 11.6. The molecule has 0 N–H and O–H groups in total. The smallest absolute Gasteiger partial charge is 0.253 e. The average Bonchev–Trinajstić information content (AvgIpc) is 3.18. The minimum absolute atomic E-state index is 0.00692. The number of thioether (sulfide) groups is 1. The maximum absolute atomic E-state index is 13.2. The largest absolute Gasteiger partial charge is 0.345 e. The van der Waals surface area contributed by atoms with Gasteiger partial charge in [-0.2, -0.15) is 0 Å². The van der Waals surface area contributed by atoms with Crippen molar-refractivity contribution in [2.45, 2.75) is 24.8 Å². The third-order valence-electron chi connectivity index (χ3n) is 5.53. The van der Waals surface area contributed by atoms with Crippen molar-refractivity contribution in [1.82, 2.24) is 9.80 Å². The van der Waals surface area contributed by atoms with E-state index in [1.165, 1.54) is 4.90 Å². The van der Waals surface area contributed by atoms with Crippen molar-refractivity contribution in [3.05, 3.63) is 59.7 Å². The van der Waals surface area contributed by atoms with Crippen LogP contribution in [0.4, 0.5) is 5.69 Å². The minimum Gasteiger partial charge on any atom is -0.345 e. The first-order chi connectivity index (χ1) is 14.8. The molecule has 0 saturated carbocycles. The van der Waals surface area contributed by atoms with E-state index in [9.17, 15) is 14.4 Å². The second-order valence-electron chi connectivity index (χ2n) is 7.85. The summed E-state index contributed by atoms with van der Waals surface area (Å²) in [5.74, 6) is -0.419. The second kappa shape index (κ2) is 10.0. The zero-order chi connectivity index (χ0) is 22.5. The van der Waals surface area contributed by atoms with E-state index in [-0.39, 0.29) is 30.1 Å². The van der Waals surface area contributed by atoms with E-state index in [2.05, 4.69) is 0 Å². The topological polar surface area (TPSA) is 60.9 Å². The Morgan fingerprint density at radius 2 is 1.71 bits per heavy atom. The van der Waals surface area contributed by atoms with Crippen molar-refractivity contribution in [2.75, 3.05) is 38.3 Å². The SMILES string of the molecule is CCN(Cc1ccc(C(=O)N(C)C)cc1)C(=O)C1CC(=O)N(c2ccc(SC)cc2)C1. The molecule has 0 aliphatic carbocycles. The molecule has 0 bridgehead atoms. The fourth-order valence-electron chi connectivity index (χ4n) is 3.72. The zero-order valence-corrected chi connectivity index (χ0v) is 19.3. The zero-order valence-electron chi connectivity index (χ0n) is 18.5. The Morgan fingerprint density at radius 1 is 1.06 bits per heavy atom. The number of nitrogens with zero attached hydrogens (tertiary/aromatic N) is 3. The van der Waals surface area contributed by atoms with Crippen LogP contribution in [0, 0.1) is 5.92 Å². The number of rotatable bonds is 7. The van der Waals surface area contributed by atoms with Gasteiger partial charge in [0.05, 0.1) is 5.92 Å². The maximum atomic E-state index is 13.2. The van der Waals surface area contributed by atoms with Crippen molar-refractivity contribution < 1.29 is 14.4 Å². The monoisotopic (exact) mass is 439 g/mol. The summed E-state index contributed by atoms with van der Waals surface area (Å²) in [5, 5.41) is 0. The third-order valence-corrected chi connectivity index (χ3v) is 6.28. The number of amides is 3. The highest BCUT2D eigenvalue weighted by Gasteiger charge is 2.37. The molecule has 1 heterocycles.